The predicted octanol–water partition coefficient (Wildman–Crippen LogP) is 1.89. The number of hydrogen-bond acceptors (Lipinski definition) is 2. The number of hydrogen-bond donors (Lipinski definition) is 0. The van der Waals surface area contributed by atoms with Crippen LogP contribution < -0.4 is 0 Å². The highest BCUT2D eigenvalue weighted by Crippen LogP contribution is 2.19. The third-order valence-corrected chi connectivity index (χ3v) is 5.76. The minimum atomic E-state index is -1.05. The van der Waals surface area contributed by atoms with E-state index in [0.717, 1.165) is 12.0 Å². The molecule has 0 saturated carbocycles. The minimum Gasteiger partial charge on any atom is -0.254 e. The molecule has 15 heavy (non-hydrogen) atoms. The fourth-order valence-electron chi connectivity index (χ4n) is 1.44. The summed E-state index contributed by atoms with van der Waals surface area (Å²) < 4.78 is 23.9. The van der Waals surface area contributed by atoms with Crippen LogP contribution in [0.5, 0.6) is 0 Å². The Hall–Kier alpha value is -0.740. The van der Waals surface area contributed by atoms with Gasteiger partial charge in [0.15, 0.2) is 0 Å². The molecule has 1 aromatic carbocycles. The van der Waals surface area contributed by atoms with Crippen LogP contribution in [0.1, 0.15) is 12.0 Å². The van der Waals surface area contributed by atoms with Crippen molar-refractivity contribution in [3.8, 4) is 0 Å². The van der Waals surface area contributed by atoms with E-state index in [9.17, 15) is 8.42 Å². The van der Waals surface area contributed by atoms with Gasteiger partial charge in [-0.1, -0.05) is 30.3 Å². The fraction of sp³-hybridized carbons (Fsp3) is 0.273. The molecule has 1 aromatic rings. The maximum Gasteiger partial charge on any atom is 0.103 e. The van der Waals surface area contributed by atoms with Crippen molar-refractivity contribution >= 4 is 27.7 Å². The van der Waals surface area contributed by atoms with Crippen LogP contribution in [-0.4, -0.2) is 19.9 Å². The van der Waals surface area contributed by atoms with Gasteiger partial charge in [0.05, 0.1) is 21.6 Å². The molecule has 1 aliphatic rings. The van der Waals surface area contributed by atoms with Crippen molar-refractivity contribution in [2.45, 2.75) is 6.42 Å². The van der Waals surface area contributed by atoms with Gasteiger partial charge in [-0.15, -0.1) is 0 Å². The second-order valence-electron chi connectivity index (χ2n) is 3.33. The molecule has 2 atom stereocenters. The molecule has 0 aliphatic carbocycles. The number of rotatable bonds is 1. The Morgan fingerprint density at radius 2 is 1.60 bits per heavy atom. The van der Waals surface area contributed by atoms with Crippen molar-refractivity contribution < 1.29 is 8.42 Å². The van der Waals surface area contributed by atoms with E-state index in [1.54, 1.807) is 6.08 Å². The second-order valence-corrected chi connectivity index (χ2v) is 6.66. The molecular weight excluding hydrogens is 228 g/mol. The Labute approximate surface area is 94.3 Å². The molecule has 1 heterocycles. The van der Waals surface area contributed by atoms with Crippen LogP contribution in [-0.2, 0) is 21.6 Å². The van der Waals surface area contributed by atoms with Gasteiger partial charge in [-0.25, -0.2) is 0 Å². The zero-order chi connectivity index (χ0) is 10.7. The van der Waals surface area contributed by atoms with E-state index >= 15 is 0 Å². The summed E-state index contributed by atoms with van der Waals surface area (Å²) in [5.74, 6) is 1.29. The third kappa shape index (κ3) is 2.63. The molecule has 1 fully saturated rings. The van der Waals surface area contributed by atoms with Crippen molar-refractivity contribution in [2.75, 3.05) is 11.5 Å². The van der Waals surface area contributed by atoms with Gasteiger partial charge in [-0.3, -0.25) is 8.42 Å². The molecule has 0 amide bonds. The summed E-state index contributed by atoms with van der Waals surface area (Å²) in [6, 6.07) is 9.62. The van der Waals surface area contributed by atoms with Gasteiger partial charge < -0.3 is 0 Å². The van der Waals surface area contributed by atoms with E-state index in [1.807, 2.05) is 30.3 Å². The Balaban J connectivity index is 2.32. The molecule has 2 nitrogen and oxygen atoms in total. The lowest BCUT2D eigenvalue weighted by Crippen LogP contribution is -2.16. The summed E-state index contributed by atoms with van der Waals surface area (Å²) >= 11 is 0. The van der Waals surface area contributed by atoms with E-state index in [-0.39, 0.29) is 0 Å². The molecule has 2 rings (SSSR count). The molecule has 0 bridgehead atoms. The molecule has 0 unspecified atom stereocenters. The summed E-state index contributed by atoms with van der Waals surface area (Å²) in [7, 11) is -2.10. The van der Waals surface area contributed by atoms with Gasteiger partial charge in [0.2, 0.25) is 0 Å². The van der Waals surface area contributed by atoms with E-state index in [4.69, 9.17) is 0 Å². The first-order valence-corrected chi connectivity index (χ1v) is 7.44. The van der Waals surface area contributed by atoms with Crippen LogP contribution >= 0.6 is 0 Å². The zero-order valence-corrected chi connectivity index (χ0v) is 9.85. The van der Waals surface area contributed by atoms with Gasteiger partial charge in [0, 0.05) is 11.5 Å². The van der Waals surface area contributed by atoms with Gasteiger partial charge in [0.25, 0.3) is 0 Å². The molecule has 4 heteroatoms. The average Bonchev–Trinajstić information content (AvgIpc) is 2.25. The van der Waals surface area contributed by atoms with Crippen molar-refractivity contribution in [3.05, 3.63) is 40.1 Å². The van der Waals surface area contributed by atoms with Gasteiger partial charge >= 0.3 is 0 Å². The predicted molar refractivity (Wildman–Crippen MR) is 65.1 cm³/mol. The van der Waals surface area contributed by atoms with Crippen LogP contribution in [0, 0.1) is 0 Å². The van der Waals surface area contributed by atoms with Crippen LogP contribution in [0.3, 0.4) is 0 Å². The maximum absolute atomic E-state index is 11.7. The second kappa shape index (κ2) is 4.86. The first-order valence-electron chi connectivity index (χ1n) is 4.81. The minimum absolute atomic E-state index is 0.590. The van der Waals surface area contributed by atoms with Crippen LogP contribution in [0.2, 0.25) is 0 Å². The highest BCUT2D eigenvalue weighted by molar-refractivity contribution is 8.09. The standard InChI is InChI=1S/C11H12O2S2/c12-14-7-4-8-15(13)11(14)9-10-5-2-1-3-6-10/h1-3,5-6,9H,4,7-8H2/t14-,15+. The maximum atomic E-state index is 11.7. The largest absolute Gasteiger partial charge is 0.254 e. The first kappa shape index (κ1) is 10.8. The smallest absolute Gasteiger partial charge is 0.103 e. The van der Waals surface area contributed by atoms with Crippen molar-refractivity contribution in [3.63, 3.8) is 0 Å². The number of benzene rings is 1. The molecule has 1 aliphatic heterocycles. The molecule has 80 valence electrons. The van der Waals surface area contributed by atoms with E-state index < -0.39 is 21.6 Å². The molecule has 0 spiro atoms. The lowest BCUT2D eigenvalue weighted by molar-refractivity contribution is 0.677. The quantitative estimate of drug-likeness (QED) is 0.751. The van der Waals surface area contributed by atoms with Crippen LogP contribution in [0.4, 0.5) is 0 Å². The summed E-state index contributed by atoms with van der Waals surface area (Å²) in [4.78, 5) is 0. The Kier molecular flexibility index (Phi) is 3.49. The van der Waals surface area contributed by atoms with Crippen molar-refractivity contribution in [1.29, 1.82) is 0 Å². The monoisotopic (exact) mass is 240 g/mol. The fourth-order valence-corrected chi connectivity index (χ4v) is 4.71. The Morgan fingerprint density at radius 1 is 1.00 bits per heavy atom. The normalized spacial score (nSPS) is 29.2. The summed E-state index contributed by atoms with van der Waals surface area (Å²) in [5, 5.41) is 0. The van der Waals surface area contributed by atoms with Crippen LogP contribution in [0.15, 0.2) is 34.6 Å². The third-order valence-electron chi connectivity index (χ3n) is 2.19. The Morgan fingerprint density at radius 3 is 2.20 bits per heavy atom. The Bertz CT molecular complexity index is 405. The van der Waals surface area contributed by atoms with E-state index in [0.29, 0.717) is 15.7 Å². The SMILES string of the molecule is O=[S@@]1CCC[S@](=O)C1=Cc1ccccc1. The van der Waals surface area contributed by atoms with E-state index in [1.165, 1.54) is 0 Å². The van der Waals surface area contributed by atoms with Crippen molar-refractivity contribution in [1.82, 2.24) is 0 Å². The molecule has 0 aromatic heterocycles. The molecular formula is C11H12O2S2. The summed E-state index contributed by atoms with van der Waals surface area (Å²) in [6.07, 6.45) is 2.59. The summed E-state index contributed by atoms with van der Waals surface area (Å²) in [6.45, 7) is 0. The molecule has 0 radical (unpaired) electrons. The van der Waals surface area contributed by atoms with Crippen molar-refractivity contribution in [2.24, 2.45) is 0 Å². The lowest BCUT2D eigenvalue weighted by atomic mass is 10.2. The summed E-state index contributed by atoms with van der Waals surface area (Å²) in [5.41, 5.74) is 0.969. The topological polar surface area (TPSA) is 34.1 Å². The highest BCUT2D eigenvalue weighted by Gasteiger charge is 2.20. The van der Waals surface area contributed by atoms with Crippen LogP contribution in [0.25, 0.3) is 6.08 Å². The van der Waals surface area contributed by atoms with E-state index in [2.05, 4.69) is 0 Å². The molecule has 1 saturated heterocycles. The highest BCUT2D eigenvalue weighted by atomic mass is 32.2. The zero-order valence-electron chi connectivity index (χ0n) is 8.22. The lowest BCUT2D eigenvalue weighted by Gasteiger charge is -2.12. The first-order chi connectivity index (χ1) is 7.27. The average molecular weight is 240 g/mol. The van der Waals surface area contributed by atoms with Gasteiger partial charge in [-0.05, 0) is 18.1 Å². The van der Waals surface area contributed by atoms with Gasteiger partial charge in [-0.2, -0.15) is 0 Å². The van der Waals surface area contributed by atoms with Gasteiger partial charge in [0.1, 0.15) is 4.24 Å². The molecule has 0 N–H and O–H groups in total.